The van der Waals surface area contributed by atoms with Crippen molar-refractivity contribution in [1.82, 2.24) is 0 Å². The number of rotatable bonds is 35. The average Bonchev–Trinajstić information content (AvgIpc) is 3.05. The van der Waals surface area contributed by atoms with Crippen LogP contribution in [0, 0.1) is 0 Å². The summed E-state index contributed by atoms with van der Waals surface area (Å²) in [5, 5.41) is 0. The molecule has 0 aliphatic rings. The van der Waals surface area contributed by atoms with Crippen LogP contribution in [0.1, 0.15) is 220 Å². The summed E-state index contributed by atoms with van der Waals surface area (Å²) in [6.45, 7) is -0.338. The predicted molar refractivity (Wildman–Crippen MR) is 187 cm³/mol. The van der Waals surface area contributed by atoms with Gasteiger partial charge in [-0.2, -0.15) is 0 Å². The standard InChI is InChI=1S/C39H74O6/c1-4-7-10-13-16-19-22-25-28-31-37(40)43-34-36(45-39(42)33-30-27-24-21-18-15-12-9-6-3)35-44-38(41)32-29-26-23-20-17-14-11-8-5-2/h36H,4-35H2,1-3H3/i34D2,35D2,36D. The lowest BCUT2D eigenvalue weighted by molar-refractivity contribution is -0.167. The molecule has 0 N–H and O–H groups in total. The Bertz CT molecular complexity index is 822. The van der Waals surface area contributed by atoms with Gasteiger partial charge in [0.2, 0.25) is 0 Å². The van der Waals surface area contributed by atoms with Gasteiger partial charge in [0.1, 0.15) is 13.1 Å². The van der Waals surface area contributed by atoms with Gasteiger partial charge in [-0.1, -0.05) is 175 Å². The van der Waals surface area contributed by atoms with E-state index in [1.165, 1.54) is 77.0 Å². The van der Waals surface area contributed by atoms with Gasteiger partial charge in [0.25, 0.3) is 0 Å². The largest absolute Gasteiger partial charge is 0.462 e. The van der Waals surface area contributed by atoms with Crippen LogP contribution >= 0.6 is 0 Å². The molecule has 0 bridgehead atoms. The second-order valence-corrected chi connectivity index (χ2v) is 12.7. The van der Waals surface area contributed by atoms with Gasteiger partial charge in [-0.15, -0.1) is 0 Å². The normalized spacial score (nSPS) is 13.7. The maximum atomic E-state index is 12.9. The van der Waals surface area contributed by atoms with Gasteiger partial charge in [-0.25, -0.2) is 0 Å². The lowest BCUT2D eigenvalue weighted by Crippen LogP contribution is -2.30. The average molecular weight is 644 g/mol. The molecule has 0 radical (unpaired) electrons. The fourth-order valence-electron chi connectivity index (χ4n) is 5.28. The van der Waals surface area contributed by atoms with Gasteiger partial charge in [-0.05, 0) is 19.3 Å². The number of carbonyl (C=O) groups excluding carboxylic acids is 3. The van der Waals surface area contributed by atoms with E-state index in [9.17, 15) is 14.4 Å². The van der Waals surface area contributed by atoms with Gasteiger partial charge < -0.3 is 14.2 Å². The minimum atomic E-state index is -3.47. The van der Waals surface area contributed by atoms with Crippen LogP contribution in [-0.4, -0.2) is 37.1 Å². The highest BCUT2D eigenvalue weighted by molar-refractivity contribution is 5.71. The number of ether oxygens (including phenoxy) is 3. The van der Waals surface area contributed by atoms with E-state index >= 15 is 0 Å². The molecule has 266 valence electrons. The Morgan fingerprint density at radius 1 is 0.422 bits per heavy atom. The van der Waals surface area contributed by atoms with Crippen molar-refractivity contribution in [3.8, 4) is 0 Å². The van der Waals surface area contributed by atoms with Crippen LogP contribution in [-0.2, 0) is 28.6 Å². The summed E-state index contributed by atoms with van der Waals surface area (Å²) < 4.78 is 57.8. The number of esters is 3. The number of carbonyl (C=O) groups is 3. The highest BCUT2D eigenvalue weighted by Crippen LogP contribution is 2.14. The van der Waals surface area contributed by atoms with Crippen LogP contribution in [0.3, 0.4) is 0 Å². The molecule has 0 rings (SSSR count). The quantitative estimate of drug-likeness (QED) is 0.0388. The lowest BCUT2D eigenvalue weighted by Gasteiger charge is -2.18. The first-order valence-electron chi connectivity index (χ1n) is 21.5. The maximum absolute atomic E-state index is 12.9. The molecule has 0 amide bonds. The molecule has 6 heteroatoms. The maximum Gasteiger partial charge on any atom is 0.306 e. The van der Waals surface area contributed by atoms with Crippen LogP contribution < -0.4 is 0 Å². The molecule has 6 nitrogen and oxygen atoms in total. The summed E-state index contributed by atoms with van der Waals surface area (Å²) in [6, 6.07) is 0. The molecule has 0 saturated heterocycles. The molecule has 0 spiro atoms. The van der Waals surface area contributed by atoms with E-state index in [0.29, 0.717) is 19.3 Å². The molecule has 0 fully saturated rings. The van der Waals surface area contributed by atoms with Crippen LogP contribution in [0.2, 0.25) is 0 Å². The molecule has 0 atom stereocenters. The molecule has 0 aromatic heterocycles. The Morgan fingerprint density at radius 3 is 0.956 bits per heavy atom. The van der Waals surface area contributed by atoms with E-state index in [0.717, 1.165) is 77.0 Å². The molecule has 45 heavy (non-hydrogen) atoms. The van der Waals surface area contributed by atoms with Crippen LogP contribution in [0.15, 0.2) is 0 Å². The third-order valence-electron chi connectivity index (χ3n) is 8.18. The molecule has 0 unspecified atom stereocenters. The van der Waals surface area contributed by atoms with Crippen molar-refractivity contribution in [2.45, 2.75) is 219 Å². The number of hydrogen-bond acceptors (Lipinski definition) is 6. The lowest BCUT2D eigenvalue weighted by atomic mass is 10.1. The summed E-state index contributed by atoms with van der Waals surface area (Å²) in [5.41, 5.74) is 0. The minimum absolute atomic E-state index is 0.126. The molecule has 0 aromatic rings. The Labute approximate surface area is 285 Å². The smallest absolute Gasteiger partial charge is 0.306 e. The third kappa shape index (κ3) is 33.6. The summed E-state index contributed by atoms with van der Waals surface area (Å²) in [4.78, 5) is 38.3. The first-order chi connectivity index (χ1) is 23.9. The van der Waals surface area contributed by atoms with Crippen LogP contribution in [0.4, 0.5) is 0 Å². The molecule has 0 aromatic carbocycles. The van der Waals surface area contributed by atoms with Crippen molar-refractivity contribution in [2.75, 3.05) is 13.1 Å². The Hall–Kier alpha value is -1.59. The van der Waals surface area contributed by atoms with Gasteiger partial charge in [0, 0.05) is 19.3 Å². The summed E-state index contributed by atoms with van der Waals surface area (Å²) in [5.74, 6) is -2.96. The van der Waals surface area contributed by atoms with E-state index < -0.39 is 37.1 Å². The topological polar surface area (TPSA) is 78.9 Å². The zero-order valence-corrected chi connectivity index (χ0v) is 29.7. The minimum Gasteiger partial charge on any atom is -0.462 e. The summed E-state index contributed by atoms with van der Waals surface area (Å²) in [7, 11) is 0. The van der Waals surface area contributed by atoms with E-state index in [1.807, 2.05) is 0 Å². The van der Waals surface area contributed by atoms with Crippen LogP contribution in [0.5, 0.6) is 0 Å². The second kappa shape index (κ2) is 35.3. The highest BCUT2D eigenvalue weighted by atomic mass is 16.6. The molecule has 0 heterocycles. The van der Waals surface area contributed by atoms with E-state index in [4.69, 9.17) is 21.1 Å². The van der Waals surface area contributed by atoms with Gasteiger partial charge in [-0.3, -0.25) is 14.4 Å². The first-order valence-corrected chi connectivity index (χ1v) is 19.0. The van der Waals surface area contributed by atoms with Crippen molar-refractivity contribution in [3.63, 3.8) is 0 Å². The predicted octanol–water partition coefficient (Wildman–Crippen LogP) is 11.7. The molecule has 0 saturated carbocycles. The fourth-order valence-corrected chi connectivity index (χ4v) is 5.28. The van der Waals surface area contributed by atoms with Crippen molar-refractivity contribution in [3.05, 3.63) is 0 Å². The molecular weight excluding hydrogens is 564 g/mol. The SMILES string of the molecule is [2H]C([2H])(OC(=O)CCCCCCCCCCC)C([2H])(OC(=O)CCCCCCCCCCC)C([2H])([2H])OC(=O)CCCCCCCCCCC. The third-order valence-corrected chi connectivity index (χ3v) is 8.18. The van der Waals surface area contributed by atoms with Gasteiger partial charge in [0.15, 0.2) is 6.08 Å². The molecular formula is C39H74O6. The molecule has 0 aliphatic carbocycles. The molecule has 0 aliphatic heterocycles. The number of unbranched alkanes of at least 4 members (excludes halogenated alkanes) is 24. The van der Waals surface area contributed by atoms with Crippen molar-refractivity contribution in [1.29, 1.82) is 0 Å². The van der Waals surface area contributed by atoms with Gasteiger partial charge in [0.05, 0.1) is 6.85 Å². The monoisotopic (exact) mass is 644 g/mol. The van der Waals surface area contributed by atoms with E-state index in [1.54, 1.807) is 0 Å². The zero-order valence-electron chi connectivity index (χ0n) is 34.7. The van der Waals surface area contributed by atoms with Crippen molar-refractivity contribution < 1.29 is 35.4 Å². The first kappa shape index (κ1) is 34.7. The van der Waals surface area contributed by atoms with Crippen LogP contribution in [0.25, 0.3) is 0 Å². The van der Waals surface area contributed by atoms with E-state index in [2.05, 4.69) is 20.8 Å². The van der Waals surface area contributed by atoms with Crippen molar-refractivity contribution in [2.24, 2.45) is 0 Å². The van der Waals surface area contributed by atoms with E-state index in [-0.39, 0.29) is 19.3 Å². The van der Waals surface area contributed by atoms with Crippen molar-refractivity contribution >= 4 is 17.9 Å². The van der Waals surface area contributed by atoms with Gasteiger partial charge >= 0.3 is 17.9 Å². The fraction of sp³-hybridized carbons (Fsp3) is 0.923. The Kier molecular flexibility index (Phi) is 27.2. The number of hydrogen-bond donors (Lipinski definition) is 0. The second-order valence-electron chi connectivity index (χ2n) is 12.7. The Morgan fingerprint density at radius 2 is 0.667 bits per heavy atom. The highest BCUT2D eigenvalue weighted by Gasteiger charge is 2.19. The Balaban J connectivity index is 5.20. The zero-order chi connectivity index (χ0) is 37.6. The summed E-state index contributed by atoms with van der Waals surface area (Å²) >= 11 is 0. The summed E-state index contributed by atoms with van der Waals surface area (Å²) in [6.07, 6.45) is 23.4.